The summed E-state index contributed by atoms with van der Waals surface area (Å²) in [4.78, 5) is 0. The first-order chi connectivity index (χ1) is 18.5. The number of hydrogen-bond acceptors (Lipinski definition) is 6. The van der Waals surface area contributed by atoms with Crippen molar-refractivity contribution in [1.29, 1.82) is 0 Å². The van der Waals surface area contributed by atoms with Crippen molar-refractivity contribution in [2.24, 2.45) is 5.92 Å². The highest BCUT2D eigenvalue weighted by Gasteiger charge is 2.64. The lowest BCUT2D eigenvalue weighted by molar-refractivity contribution is -0.336. The van der Waals surface area contributed by atoms with E-state index in [1.54, 1.807) is 0 Å². The summed E-state index contributed by atoms with van der Waals surface area (Å²) in [6.07, 6.45) is -0.213. The van der Waals surface area contributed by atoms with Crippen molar-refractivity contribution >= 4 is 0 Å². The van der Waals surface area contributed by atoms with E-state index in [1.165, 1.54) is 16.7 Å². The van der Waals surface area contributed by atoms with Crippen LogP contribution in [0.1, 0.15) is 37.3 Å². The van der Waals surface area contributed by atoms with E-state index in [0.717, 1.165) is 12.0 Å². The van der Waals surface area contributed by atoms with Crippen LogP contribution < -0.4 is 0 Å². The molecule has 3 saturated heterocycles. The quantitative estimate of drug-likeness (QED) is 0.423. The molecule has 3 heterocycles. The predicted molar refractivity (Wildman–Crippen MR) is 141 cm³/mol. The summed E-state index contributed by atoms with van der Waals surface area (Å²) in [5, 5.41) is 0. The Balaban J connectivity index is 1.08. The van der Waals surface area contributed by atoms with Crippen molar-refractivity contribution in [2.75, 3.05) is 13.2 Å². The Labute approximate surface area is 223 Å². The normalized spacial score (nSPS) is 35.3. The molecular formula is C32H34O6. The molecule has 7 atom stereocenters. The van der Waals surface area contributed by atoms with Gasteiger partial charge in [-0.3, -0.25) is 0 Å². The fourth-order valence-electron chi connectivity index (χ4n) is 6.07. The molecule has 3 aromatic rings. The van der Waals surface area contributed by atoms with Crippen LogP contribution in [0.15, 0.2) is 84.9 Å². The fraction of sp³-hybridized carbons (Fsp3) is 0.438. The molecule has 0 bridgehead atoms. The van der Waals surface area contributed by atoms with Crippen molar-refractivity contribution < 1.29 is 28.4 Å². The minimum absolute atomic E-state index is 0.208. The summed E-state index contributed by atoms with van der Waals surface area (Å²) in [5.74, 6) is -1.000. The lowest BCUT2D eigenvalue weighted by Crippen LogP contribution is -2.62. The van der Waals surface area contributed by atoms with E-state index in [1.807, 2.05) is 19.9 Å². The van der Waals surface area contributed by atoms with Gasteiger partial charge < -0.3 is 28.4 Å². The standard InChI is InChI=1S/C32H34O6/c1-31(2)35-20-32(38-31)29(33-18-21-13-15-23(16-14-21)22-9-5-3-6-10-22)28-27(19-34-32)36-30(37-28)26-17-25(26)24-11-7-4-8-12-24/h3-16,25-30H,17-20H2,1-2H3/t25-,26+,27-,28-,29-,30+,32+/m1/s1. The summed E-state index contributed by atoms with van der Waals surface area (Å²) in [6.45, 7) is 4.88. The number of fused-ring (bicyclic) bond motifs is 1. The van der Waals surface area contributed by atoms with Crippen LogP contribution in [0.5, 0.6) is 0 Å². The summed E-state index contributed by atoms with van der Waals surface area (Å²) in [6, 6.07) is 29.4. The SMILES string of the molecule is CC1(C)OC[C@]2(OC[C@H]3O[C@H]([C@H]4C[C@@H]4c4ccccc4)O[C@H]3[C@H]2OCc2ccc(-c3ccccc3)cc2)O1. The molecule has 0 aromatic heterocycles. The van der Waals surface area contributed by atoms with Crippen LogP contribution in [0, 0.1) is 5.92 Å². The van der Waals surface area contributed by atoms with E-state index in [2.05, 4.69) is 78.9 Å². The van der Waals surface area contributed by atoms with Crippen LogP contribution in [0.4, 0.5) is 0 Å². The molecule has 0 N–H and O–H groups in total. The third-order valence-corrected chi connectivity index (χ3v) is 8.14. The molecule has 3 aromatic carbocycles. The maximum atomic E-state index is 6.61. The minimum atomic E-state index is -1.03. The molecule has 0 radical (unpaired) electrons. The van der Waals surface area contributed by atoms with Crippen molar-refractivity contribution in [1.82, 2.24) is 0 Å². The monoisotopic (exact) mass is 514 g/mol. The molecule has 1 aliphatic carbocycles. The molecule has 1 spiro atoms. The Hall–Kier alpha value is -2.58. The van der Waals surface area contributed by atoms with Crippen LogP contribution in [0.2, 0.25) is 0 Å². The number of benzene rings is 3. The van der Waals surface area contributed by atoms with Gasteiger partial charge in [-0.25, -0.2) is 0 Å². The van der Waals surface area contributed by atoms with Gasteiger partial charge >= 0.3 is 0 Å². The molecule has 198 valence electrons. The molecule has 1 saturated carbocycles. The Morgan fingerprint density at radius 2 is 1.53 bits per heavy atom. The average Bonchev–Trinajstić information content (AvgIpc) is 3.53. The van der Waals surface area contributed by atoms with E-state index in [0.29, 0.717) is 25.0 Å². The average molecular weight is 515 g/mol. The highest BCUT2D eigenvalue weighted by atomic mass is 16.9. The molecule has 3 aliphatic heterocycles. The number of rotatable bonds is 6. The molecule has 6 nitrogen and oxygen atoms in total. The molecule has 7 rings (SSSR count). The van der Waals surface area contributed by atoms with E-state index < -0.39 is 17.7 Å². The second-order valence-corrected chi connectivity index (χ2v) is 11.3. The van der Waals surface area contributed by atoms with Gasteiger partial charge in [-0.15, -0.1) is 0 Å². The zero-order valence-electron chi connectivity index (χ0n) is 21.8. The van der Waals surface area contributed by atoms with Crippen molar-refractivity contribution in [3.8, 4) is 11.1 Å². The van der Waals surface area contributed by atoms with Gasteiger partial charge in [-0.2, -0.15) is 0 Å². The van der Waals surface area contributed by atoms with Crippen LogP contribution in [0.3, 0.4) is 0 Å². The third kappa shape index (κ3) is 4.60. The summed E-state index contributed by atoms with van der Waals surface area (Å²) in [5.41, 5.74) is 4.78. The lowest BCUT2D eigenvalue weighted by Gasteiger charge is -2.43. The number of hydrogen-bond donors (Lipinski definition) is 0. The fourth-order valence-corrected chi connectivity index (χ4v) is 6.07. The summed E-state index contributed by atoms with van der Waals surface area (Å²) >= 11 is 0. The van der Waals surface area contributed by atoms with Gasteiger partial charge in [0.25, 0.3) is 0 Å². The molecule has 0 unspecified atom stereocenters. The highest BCUT2D eigenvalue weighted by Crippen LogP contribution is 2.54. The molecule has 6 heteroatoms. The van der Waals surface area contributed by atoms with E-state index in [4.69, 9.17) is 28.4 Å². The van der Waals surface area contributed by atoms with Crippen LogP contribution in [-0.2, 0) is 35.0 Å². The highest BCUT2D eigenvalue weighted by molar-refractivity contribution is 5.63. The van der Waals surface area contributed by atoms with Crippen LogP contribution >= 0.6 is 0 Å². The Morgan fingerprint density at radius 1 is 0.816 bits per heavy atom. The zero-order chi connectivity index (χ0) is 25.7. The number of ether oxygens (including phenoxy) is 6. The van der Waals surface area contributed by atoms with Crippen molar-refractivity contribution in [3.05, 3.63) is 96.1 Å². The van der Waals surface area contributed by atoms with Gasteiger partial charge in [0, 0.05) is 5.92 Å². The summed E-state index contributed by atoms with van der Waals surface area (Å²) < 4.78 is 38.3. The van der Waals surface area contributed by atoms with Gasteiger partial charge in [-0.05, 0) is 48.4 Å². The van der Waals surface area contributed by atoms with Crippen LogP contribution in [-0.4, -0.2) is 49.4 Å². The van der Waals surface area contributed by atoms with Gasteiger partial charge in [0.1, 0.15) is 24.9 Å². The minimum Gasteiger partial charge on any atom is -0.365 e. The second kappa shape index (κ2) is 9.56. The molecule has 4 aliphatic rings. The Bertz CT molecular complexity index is 1250. The first kappa shape index (κ1) is 24.5. The van der Waals surface area contributed by atoms with Crippen molar-refractivity contribution in [2.45, 2.75) is 69.0 Å². The van der Waals surface area contributed by atoms with Gasteiger partial charge in [-0.1, -0.05) is 84.9 Å². The van der Waals surface area contributed by atoms with Gasteiger partial charge in [0.05, 0.1) is 13.2 Å². The summed E-state index contributed by atoms with van der Waals surface area (Å²) in [7, 11) is 0. The predicted octanol–water partition coefficient (Wildman–Crippen LogP) is 5.66. The topological polar surface area (TPSA) is 55.4 Å². The van der Waals surface area contributed by atoms with Gasteiger partial charge in [0.2, 0.25) is 5.79 Å². The molecule has 38 heavy (non-hydrogen) atoms. The third-order valence-electron chi connectivity index (χ3n) is 8.14. The van der Waals surface area contributed by atoms with Crippen molar-refractivity contribution in [3.63, 3.8) is 0 Å². The maximum absolute atomic E-state index is 6.61. The van der Waals surface area contributed by atoms with Crippen LogP contribution in [0.25, 0.3) is 11.1 Å². The lowest BCUT2D eigenvalue weighted by atomic mass is 9.97. The smallest absolute Gasteiger partial charge is 0.224 e. The zero-order valence-corrected chi connectivity index (χ0v) is 21.8. The first-order valence-electron chi connectivity index (χ1n) is 13.6. The van der Waals surface area contributed by atoms with E-state index in [9.17, 15) is 0 Å². The van der Waals surface area contributed by atoms with E-state index in [-0.39, 0.29) is 25.1 Å². The molecule has 4 fully saturated rings. The van der Waals surface area contributed by atoms with E-state index >= 15 is 0 Å². The van der Waals surface area contributed by atoms with Gasteiger partial charge in [0.15, 0.2) is 12.1 Å². The Morgan fingerprint density at radius 3 is 2.24 bits per heavy atom. The second-order valence-electron chi connectivity index (χ2n) is 11.3. The Kier molecular flexibility index (Phi) is 6.15. The largest absolute Gasteiger partial charge is 0.365 e. The molecular weight excluding hydrogens is 480 g/mol. The maximum Gasteiger partial charge on any atom is 0.224 e. The first-order valence-corrected chi connectivity index (χ1v) is 13.6. The molecule has 0 amide bonds.